The van der Waals surface area contributed by atoms with Crippen LogP contribution in [0.3, 0.4) is 0 Å². The fourth-order valence-electron chi connectivity index (χ4n) is 2.39. The van der Waals surface area contributed by atoms with Crippen molar-refractivity contribution < 1.29 is 9.59 Å². The summed E-state index contributed by atoms with van der Waals surface area (Å²) in [7, 11) is 2.03. The number of benzene rings is 2. The minimum Gasteiger partial charge on any atom is -0.375 e. The van der Waals surface area contributed by atoms with Crippen LogP contribution in [0.5, 0.6) is 0 Å². The summed E-state index contributed by atoms with van der Waals surface area (Å²) in [6.07, 6.45) is 0.836. The largest absolute Gasteiger partial charge is 0.375 e. The van der Waals surface area contributed by atoms with E-state index < -0.39 is 0 Å². The van der Waals surface area contributed by atoms with E-state index in [9.17, 15) is 9.59 Å². The number of nitrogens with one attached hydrogen (secondary N) is 2. The Kier molecular flexibility index (Phi) is 7.01. The summed E-state index contributed by atoms with van der Waals surface area (Å²) in [4.78, 5) is 25.9. The maximum absolute atomic E-state index is 11.9. The summed E-state index contributed by atoms with van der Waals surface area (Å²) in [6.45, 7) is 3.38. The Balaban J connectivity index is 1.62. The Morgan fingerprint density at radius 3 is 2.32 bits per heavy atom. The lowest BCUT2D eigenvalue weighted by Crippen LogP contribution is -2.37. The molecule has 0 bridgehead atoms. The van der Waals surface area contributed by atoms with Gasteiger partial charge < -0.3 is 15.5 Å². The highest BCUT2D eigenvalue weighted by molar-refractivity contribution is 5.96. The second kappa shape index (κ2) is 9.47. The van der Waals surface area contributed by atoms with Crippen LogP contribution in [-0.4, -0.2) is 38.5 Å². The van der Waals surface area contributed by atoms with Crippen molar-refractivity contribution in [1.82, 2.24) is 10.6 Å². The van der Waals surface area contributed by atoms with Gasteiger partial charge in [-0.15, -0.1) is 0 Å². The third-order valence-electron chi connectivity index (χ3n) is 3.91. The van der Waals surface area contributed by atoms with Gasteiger partial charge in [0.15, 0.2) is 0 Å². The highest BCUT2D eigenvalue weighted by Gasteiger charge is 2.07. The standard InChI is InChI=1S/C20H25N3O2/c1-16-9-11-17(12-10-16)20(25)22-15-19(24)21-13-6-14-23(2)18-7-4-3-5-8-18/h3-5,7-12H,6,13-15H2,1-2H3,(H,21,24)(H,22,25). The maximum Gasteiger partial charge on any atom is 0.251 e. The third kappa shape index (κ3) is 6.30. The summed E-state index contributed by atoms with van der Waals surface area (Å²) in [5.41, 5.74) is 2.80. The van der Waals surface area contributed by atoms with E-state index in [2.05, 4.69) is 27.7 Å². The van der Waals surface area contributed by atoms with E-state index in [4.69, 9.17) is 0 Å². The van der Waals surface area contributed by atoms with Crippen LogP contribution in [0.2, 0.25) is 0 Å². The zero-order valence-electron chi connectivity index (χ0n) is 14.8. The Bertz CT molecular complexity index is 684. The fourth-order valence-corrected chi connectivity index (χ4v) is 2.39. The van der Waals surface area contributed by atoms with Crippen LogP contribution in [0, 0.1) is 6.92 Å². The van der Waals surface area contributed by atoms with Gasteiger partial charge in [-0.25, -0.2) is 0 Å². The SMILES string of the molecule is Cc1ccc(C(=O)NCC(=O)NCCCN(C)c2ccccc2)cc1. The van der Waals surface area contributed by atoms with Gasteiger partial charge in [-0.1, -0.05) is 35.9 Å². The van der Waals surface area contributed by atoms with Crippen molar-refractivity contribution in [3.05, 3.63) is 65.7 Å². The second-order valence-corrected chi connectivity index (χ2v) is 6.01. The van der Waals surface area contributed by atoms with Crippen molar-refractivity contribution in [3.63, 3.8) is 0 Å². The van der Waals surface area contributed by atoms with Crippen molar-refractivity contribution in [2.75, 3.05) is 31.6 Å². The number of carbonyl (C=O) groups is 2. The molecule has 0 aliphatic heterocycles. The molecule has 0 saturated heterocycles. The van der Waals surface area contributed by atoms with Gasteiger partial charge in [-0.2, -0.15) is 0 Å². The number of hydrogen-bond donors (Lipinski definition) is 2. The molecule has 0 aromatic heterocycles. The second-order valence-electron chi connectivity index (χ2n) is 6.01. The van der Waals surface area contributed by atoms with Gasteiger partial charge in [0.25, 0.3) is 5.91 Å². The molecule has 0 heterocycles. The number of amides is 2. The number of hydrogen-bond acceptors (Lipinski definition) is 3. The Hall–Kier alpha value is -2.82. The maximum atomic E-state index is 11.9. The van der Waals surface area contributed by atoms with Gasteiger partial charge in [0.05, 0.1) is 6.54 Å². The van der Waals surface area contributed by atoms with Gasteiger partial charge in [0.1, 0.15) is 0 Å². The van der Waals surface area contributed by atoms with E-state index in [0.29, 0.717) is 12.1 Å². The van der Waals surface area contributed by atoms with E-state index in [1.165, 1.54) is 0 Å². The third-order valence-corrected chi connectivity index (χ3v) is 3.91. The highest BCUT2D eigenvalue weighted by Crippen LogP contribution is 2.10. The minimum atomic E-state index is -0.237. The zero-order chi connectivity index (χ0) is 18.1. The quantitative estimate of drug-likeness (QED) is 0.726. The van der Waals surface area contributed by atoms with Crippen molar-refractivity contribution in [3.8, 4) is 0 Å². The van der Waals surface area contributed by atoms with E-state index in [1.807, 2.05) is 44.3 Å². The molecule has 5 heteroatoms. The average Bonchev–Trinajstić information content (AvgIpc) is 2.64. The molecule has 2 aromatic rings. The number of rotatable bonds is 8. The Morgan fingerprint density at radius 2 is 1.64 bits per heavy atom. The first-order chi connectivity index (χ1) is 12.1. The van der Waals surface area contributed by atoms with Crippen LogP contribution in [0.15, 0.2) is 54.6 Å². The molecule has 0 atom stereocenters. The number of carbonyl (C=O) groups excluding carboxylic acids is 2. The van der Waals surface area contributed by atoms with Crippen LogP contribution < -0.4 is 15.5 Å². The number of para-hydroxylation sites is 1. The molecule has 2 aromatic carbocycles. The van der Waals surface area contributed by atoms with Crippen LogP contribution in [0.4, 0.5) is 5.69 Å². The number of aryl methyl sites for hydroxylation is 1. The van der Waals surface area contributed by atoms with Crippen LogP contribution in [0.1, 0.15) is 22.3 Å². The summed E-state index contributed by atoms with van der Waals surface area (Å²) < 4.78 is 0. The molecule has 0 unspecified atom stereocenters. The van der Waals surface area contributed by atoms with Gasteiger partial charge in [-0.05, 0) is 37.6 Å². The lowest BCUT2D eigenvalue weighted by atomic mass is 10.1. The monoisotopic (exact) mass is 339 g/mol. The van der Waals surface area contributed by atoms with Crippen LogP contribution in [-0.2, 0) is 4.79 Å². The molecule has 0 spiro atoms. The molecule has 2 N–H and O–H groups in total. The van der Waals surface area contributed by atoms with Gasteiger partial charge >= 0.3 is 0 Å². The topological polar surface area (TPSA) is 61.4 Å². The molecule has 0 radical (unpaired) electrons. The smallest absolute Gasteiger partial charge is 0.251 e. The van der Waals surface area contributed by atoms with Gasteiger partial charge in [0, 0.05) is 31.4 Å². The molecule has 132 valence electrons. The fraction of sp³-hybridized carbons (Fsp3) is 0.300. The predicted octanol–water partition coefficient (Wildman–Crippen LogP) is 2.37. The molecule has 0 saturated carbocycles. The van der Waals surface area contributed by atoms with Crippen LogP contribution >= 0.6 is 0 Å². The molecule has 2 amide bonds. The Labute approximate surface area is 149 Å². The number of nitrogens with zero attached hydrogens (tertiary/aromatic N) is 1. The first-order valence-corrected chi connectivity index (χ1v) is 8.44. The molecule has 5 nitrogen and oxygen atoms in total. The Morgan fingerprint density at radius 1 is 0.960 bits per heavy atom. The average molecular weight is 339 g/mol. The van der Waals surface area contributed by atoms with Crippen molar-refractivity contribution >= 4 is 17.5 Å². The van der Waals surface area contributed by atoms with Gasteiger partial charge in [-0.3, -0.25) is 9.59 Å². The van der Waals surface area contributed by atoms with Crippen molar-refractivity contribution in [2.45, 2.75) is 13.3 Å². The molecule has 2 rings (SSSR count). The molecular formula is C20H25N3O2. The minimum absolute atomic E-state index is 0.0127. The molecule has 25 heavy (non-hydrogen) atoms. The first kappa shape index (κ1) is 18.5. The zero-order valence-corrected chi connectivity index (χ0v) is 14.8. The van der Waals surface area contributed by atoms with E-state index >= 15 is 0 Å². The molecule has 0 fully saturated rings. The molecular weight excluding hydrogens is 314 g/mol. The molecule has 0 aliphatic carbocycles. The normalized spacial score (nSPS) is 10.2. The van der Waals surface area contributed by atoms with Crippen molar-refractivity contribution in [1.29, 1.82) is 0 Å². The number of anilines is 1. The highest BCUT2D eigenvalue weighted by atomic mass is 16.2. The van der Waals surface area contributed by atoms with Crippen LogP contribution in [0.25, 0.3) is 0 Å². The van der Waals surface area contributed by atoms with Crippen molar-refractivity contribution in [2.24, 2.45) is 0 Å². The van der Waals surface area contributed by atoms with E-state index in [-0.39, 0.29) is 18.4 Å². The van der Waals surface area contributed by atoms with E-state index in [1.54, 1.807) is 12.1 Å². The summed E-state index contributed by atoms with van der Waals surface area (Å²) in [6, 6.07) is 17.4. The lowest BCUT2D eigenvalue weighted by Gasteiger charge is -2.19. The first-order valence-electron chi connectivity index (χ1n) is 8.44. The summed E-state index contributed by atoms with van der Waals surface area (Å²) in [5.74, 6) is -0.415. The van der Waals surface area contributed by atoms with E-state index in [0.717, 1.165) is 24.2 Å². The molecule has 0 aliphatic rings. The van der Waals surface area contributed by atoms with Gasteiger partial charge in [0.2, 0.25) is 5.91 Å². The summed E-state index contributed by atoms with van der Waals surface area (Å²) >= 11 is 0. The lowest BCUT2D eigenvalue weighted by molar-refractivity contribution is -0.120. The summed E-state index contributed by atoms with van der Waals surface area (Å²) in [5, 5.41) is 5.46. The predicted molar refractivity (Wildman–Crippen MR) is 101 cm³/mol.